The van der Waals surface area contributed by atoms with E-state index in [1.165, 1.54) is 25.0 Å². The standard InChI is InChI=1S/C23H23ClF3N3O/c24-16-5-8-18(23(25,26)27)15(13-16)14-28-22(9-10-22)21(31)30-12-11-29(17-6-7-17)19-3-1-2-4-20(19)30/h1-5,8,13,17,28H,6-7,9-12,14H2. The number of fused-ring (bicyclic) bond motifs is 1. The van der Waals surface area contributed by atoms with Crippen molar-refractivity contribution in [1.29, 1.82) is 0 Å². The Hall–Kier alpha value is -2.25. The summed E-state index contributed by atoms with van der Waals surface area (Å²) in [5, 5.41) is 3.38. The Labute approximate surface area is 184 Å². The van der Waals surface area contributed by atoms with Gasteiger partial charge in [-0.15, -0.1) is 0 Å². The smallest absolute Gasteiger partial charge is 0.365 e. The van der Waals surface area contributed by atoms with Gasteiger partial charge in [-0.3, -0.25) is 10.1 Å². The molecule has 1 heterocycles. The van der Waals surface area contributed by atoms with Crippen LogP contribution in [0, 0.1) is 0 Å². The van der Waals surface area contributed by atoms with Crippen LogP contribution in [0.15, 0.2) is 42.5 Å². The van der Waals surface area contributed by atoms with Crippen LogP contribution in [0.5, 0.6) is 0 Å². The van der Waals surface area contributed by atoms with Crippen molar-refractivity contribution < 1.29 is 18.0 Å². The first-order valence-corrected chi connectivity index (χ1v) is 10.9. The van der Waals surface area contributed by atoms with Gasteiger partial charge in [0.15, 0.2) is 0 Å². The number of carbonyl (C=O) groups is 1. The molecule has 2 aromatic rings. The summed E-state index contributed by atoms with van der Waals surface area (Å²) in [5.41, 5.74) is 0.459. The van der Waals surface area contributed by atoms with Gasteiger partial charge in [0.25, 0.3) is 0 Å². The zero-order valence-electron chi connectivity index (χ0n) is 16.9. The van der Waals surface area contributed by atoms with Gasteiger partial charge in [0.2, 0.25) is 5.91 Å². The minimum absolute atomic E-state index is 0.0537. The Bertz CT molecular complexity index is 1020. The lowest BCUT2D eigenvalue weighted by Gasteiger charge is -2.39. The normalized spacial score (nSPS) is 19.9. The van der Waals surface area contributed by atoms with Gasteiger partial charge in [0.05, 0.1) is 22.5 Å². The van der Waals surface area contributed by atoms with Gasteiger partial charge in [0, 0.05) is 30.7 Å². The molecular weight excluding hydrogens is 427 g/mol. The Morgan fingerprint density at radius 3 is 2.45 bits per heavy atom. The van der Waals surface area contributed by atoms with E-state index in [2.05, 4.69) is 10.2 Å². The molecule has 2 fully saturated rings. The van der Waals surface area contributed by atoms with E-state index in [1.54, 1.807) is 4.90 Å². The number of rotatable bonds is 5. The highest BCUT2D eigenvalue weighted by molar-refractivity contribution is 6.30. The monoisotopic (exact) mass is 449 g/mol. The molecule has 8 heteroatoms. The van der Waals surface area contributed by atoms with E-state index < -0.39 is 17.3 Å². The van der Waals surface area contributed by atoms with Crippen molar-refractivity contribution in [2.45, 2.75) is 50.0 Å². The Balaban J connectivity index is 1.36. The molecule has 164 valence electrons. The van der Waals surface area contributed by atoms with Crippen LogP contribution in [0.4, 0.5) is 24.5 Å². The summed E-state index contributed by atoms with van der Waals surface area (Å²) >= 11 is 5.94. The van der Waals surface area contributed by atoms with Crippen LogP contribution in [-0.4, -0.2) is 30.6 Å². The molecular formula is C23H23ClF3N3O. The van der Waals surface area contributed by atoms with Crippen molar-refractivity contribution >= 4 is 28.9 Å². The number of hydrogen-bond donors (Lipinski definition) is 1. The SMILES string of the molecule is O=C(N1CCN(C2CC2)c2ccccc21)C1(NCc2cc(Cl)ccc2C(F)(F)F)CC1. The number of alkyl halides is 3. The van der Waals surface area contributed by atoms with E-state index >= 15 is 0 Å². The van der Waals surface area contributed by atoms with Crippen LogP contribution in [0.1, 0.15) is 36.8 Å². The van der Waals surface area contributed by atoms with Gasteiger partial charge in [-0.25, -0.2) is 0 Å². The van der Waals surface area contributed by atoms with Crippen LogP contribution in [0.2, 0.25) is 5.02 Å². The van der Waals surface area contributed by atoms with Crippen LogP contribution in [-0.2, 0) is 17.5 Å². The van der Waals surface area contributed by atoms with Crippen molar-refractivity contribution in [1.82, 2.24) is 5.32 Å². The fourth-order valence-electron chi connectivity index (χ4n) is 4.46. The molecule has 2 aliphatic carbocycles. The summed E-state index contributed by atoms with van der Waals surface area (Å²) in [6, 6.07) is 12.0. The van der Waals surface area contributed by atoms with E-state index in [0.29, 0.717) is 25.4 Å². The van der Waals surface area contributed by atoms with Gasteiger partial charge in [-0.1, -0.05) is 23.7 Å². The first-order valence-electron chi connectivity index (χ1n) is 10.6. The first kappa shape index (κ1) is 20.6. The van der Waals surface area contributed by atoms with Crippen LogP contribution in [0.3, 0.4) is 0 Å². The summed E-state index contributed by atoms with van der Waals surface area (Å²) in [6.07, 6.45) is -0.901. The Kier molecular flexibility index (Phi) is 4.94. The molecule has 0 aromatic heterocycles. The van der Waals surface area contributed by atoms with Crippen molar-refractivity contribution in [3.05, 3.63) is 58.6 Å². The molecule has 3 aliphatic rings. The molecule has 5 rings (SSSR count). The number of carbonyl (C=O) groups excluding carboxylic acids is 1. The predicted molar refractivity (Wildman–Crippen MR) is 114 cm³/mol. The molecule has 4 nitrogen and oxygen atoms in total. The lowest BCUT2D eigenvalue weighted by molar-refractivity contribution is -0.138. The van der Waals surface area contributed by atoms with Crippen molar-refractivity contribution in [2.75, 3.05) is 22.9 Å². The molecule has 2 saturated carbocycles. The summed E-state index contributed by atoms with van der Waals surface area (Å²) in [6.45, 7) is 1.29. The highest BCUT2D eigenvalue weighted by Crippen LogP contribution is 2.44. The molecule has 0 radical (unpaired) electrons. The number of anilines is 2. The Morgan fingerprint density at radius 1 is 1.10 bits per heavy atom. The number of benzene rings is 2. The lowest BCUT2D eigenvalue weighted by atomic mass is 10.1. The number of nitrogens with zero attached hydrogens (tertiary/aromatic N) is 2. The fourth-order valence-corrected chi connectivity index (χ4v) is 4.65. The first-order chi connectivity index (χ1) is 14.8. The van der Waals surface area contributed by atoms with Crippen LogP contribution >= 0.6 is 11.6 Å². The number of para-hydroxylation sites is 2. The van der Waals surface area contributed by atoms with E-state index in [1.807, 2.05) is 24.3 Å². The molecule has 0 saturated heterocycles. The predicted octanol–water partition coefficient (Wildman–Crippen LogP) is 5.00. The lowest BCUT2D eigenvalue weighted by Crippen LogP contribution is -2.53. The summed E-state index contributed by atoms with van der Waals surface area (Å²) in [7, 11) is 0. The summed E-state index contributed by atoms with van der Waals surface area (Å²) in [5.74, 6) is -0.0639. The zero-order chi connectivity index (χ0) is 21.8. The van der Waals surface area contributed by atoms with Crippen molar-refractivity contribution in [3.8, 4) is 0 Å². The quantitative estimate of drug-likeness (QED) is 0.698. The number of nitrogens with one attached hydrogen (secondary N) is 1. The number of hydrogen-bond acceptors (Lipinski definition) is 3. The van der Waals surface area contributed by atoms with Crippen LogP contribution in [0.25, 0.3) is 0 Å². The largest absolute Gasteiger partial charge is 0.416 e. The van der Waals surface area contributed by atoms with Crippen molar-refractivity contribution in [3.63, 3.8) is 0 Å². The second-order valence-electron chi connectivity index (χ2n) is 8.60. The van der Waals surface area contributed by atoms with E-state index in [-0.39, 0.29) is 23.0 Å². The average Bonchev–Trinajstić information content (AvgIpc) is 3.65. The van der Waals surface area contributed by atoms with Gasteiger partial charge >= 0.3 is 6.18 Å². The zero-order valence-corrected chi connectivity index (χ0v) is 17.6. The molecule has 0 atom stereocenters. The molecule has 0 unspecified atom stereocenters. The third-order valence-electron chi connectivity index (χ3n) is 6.43. The maximum atomic E-state index is 13.5. The van der Waals surface area contributed by atoms with Gasteiger partial charge in [0.1, 0.15) is 0 Å². The minimum atomic E-state index is -4.47. The molecule has 0 bridgehead atoms. The van der Waals surface area contributed by atoms with E-state index in [4.69, 9.17) is 11.6 Å². The molecule has 1 amide bonds. The summed E-state index contributed by atoms with van der Waals surface area (Å²) < 4.78 is 40.2. The number of halogens is 4. The number of amides is 1. The minimum Gasteiger partial charge on any atom is -0.365 e. The van der Waals surface area contributed by atoms with E-state index in [0.717, 1.165) is 24.0 Å². The second-order valence-corrected chi connectivity index (χ2v) is 9.04. The fraction of sp³-hybridized carbons (Fsp3) is 0.435. The van der Waals surface area contributed by atoms with E-state index in [9.17, 15) is 18.0 Å². The molecule has 1 N–H and O–H groups in total. The average molecular weight is 450 g/mol. The molecule has 31 heavy (non-hydrogen) atoms. The Morgan fingerprint density at radius 2 is 1.81 bits per heavy atom. The van der Waals surface area contributed by atoms with Crippen molar-refractivity contribution in [2.24, 2.45) is 0 Å². The van der Waals surface area contributed by atoms with Gasteiger partial charge < -0.3 is 9.80 Å². The van der Waals surface area contributed by atoms with Gasteiger partial charge in [-0.2, -0.15) is 13.2 Å². The van der Waals surface area contributed by atoms with Gasteiger partial charge in [-0.05, 0) is 61.6 Å². The maximum absolute atomic E-state index is 13.5. The maximum Gasteiger partial charge on any atom is 0.416 e. The molecule has 2 aromatic carbocycles. The topological polar surface area (TPSA) is 35.6 Å². The second kappa shape index (κ2) is 7.41. The highest BCUT2D eigenvalue weighted by Gasteiger charge is 2.53. The molecule has 1 aliphatic heterocycles. The summed E-state index contributed by atoms with van der Waals surface area (Å²) in [4.78, 5) is 17.7. The third kappa shape index (κ3) is 3.89. The highest BCUT2D eigenvalue weighted by atomic mass is 35.5. The molecule has 0 spiro atoms. The van der Waals surface area contributed by atoms with Crippen LogP contribution < -0.4 is 15.1 Å². The third-order valence-corrected chi connectivity index (χ3v) is 6.66.